The zero-order chi connectivity index (χ0) is 4.83. The molecule has 0 spiro atoms. The summed E-state index contributed by atoms with van der Waals surface area (Å²) in [6.45, 7) is 2.14. The molecule has 0 aliphatic heterocycles. The average molecular weight is 279 g/mol. The van der Waals surface area contributed by atoms with Crippen molar-refractivity contribution in [3.8, 4) is 12.3 Å². The fourth-order valence-electron chi connectivity index (χ4n) is 0.279. The maximum atomic E-state index is 4.96. The molecule has 1 radical (unpaired) electrons. The molecule has 0 N–H and O–H groups in total. The summed E-state index contributed by atoms with van der Waals surface area (Å²) in [5.74, 6) is 2.57. The second-order valence-electron chi connectivity index (χ2n) is 1.31. The maximum Gasteiger partial charge on any atom is 0.00859 e. The van der Waals surface area contributed by atoms with Crippen molar-refractivity contribution >= 4 is 0 Å². The van der Waals surface area contributed by atoms with Crippen LogP contribution in [0.2, 0.25) is 0 Å². The van der Waals surface area contributed by atoms with Gasteiger partial charge in [0.1, 0.15) is 0 Å². The topological polar surface area (TPSA) is 0 Å². The van der Waals surface area contributed by atoms with E-state index in [2.05, 4.69) is 12.8 Å². The fourth-order valence-corrected chi connectivity index (χ4v) is 0.279. The fraction of sp³-hybridized carbons (Fsp3) is 0.667. The summed E-state index contributed by atoms with van der Waals surface area (Å²) in [5, 5.41) is 0. The van der Waals surface area contributed by atoms with Crippen molar-refractivity contribution in [1.29, 1.82) is 0 Å². The molecule has 0 bridgehead atoms. The van der Waals surface area contributed by atoms with E-state index in [1.54, 1.807) is 0 Å². The molecule has 0 aromatic heterocycles. The Morgan fingerprint density at radius 1 is 1.57 bits per heavy atom. The summed E-state index contributed by atoms with van der Waals surface area (Å²) in [4.78, 5) is 0. The van der Waals surface area contributed by atoms with Crippen molar-refractivity contribution < 1.29 is 22.4 Å². The van der Waals surface area contributed by atoms with Gasteiger partial charge < -0.3 is 0 Å². The third-order valence-electron chi connectivity index (χ3n) is 0.675. The normalized spacial score (nSPS) is 6.29. The summed E-state index contributed by atoms with van der Waals surface area (Å²) in [7, 11) is 0. The Morgan fingerprint density at radius 3 is 2.29 bits per heavy atom. The molecular formula is C6H10Au. The van der Waals surface area contributed by atoms with E-state index in [1.165, 1.54) is 12.8 Å². The molecule has 0 atom stereocenters. The summed E-state index contributed by atoms with van der Waals surface area (Å²) < 4.78 is 0. The monoisotopic (exact) mass is 279 g/mol. The van der Waals surface area contributed by atoms with Gasteiger partial charge in [0.15, 0.2) is 0 Å². The molecule has 0 aliphatic rings. The molecule has 0 nitrogen and oxygen atoms in total. The van der Waals surface area contributed by atoms with Crippen LogP contribution in [0.25, 0.3) is 0 Å². The van der Waals surface area contributed by atoms with Gasteiger partial charge >= 0.3 is 0 Å². The molecule has 0 aliphatic carbocycles. The number of hydrogen-bond acceptors (Lipinski definition) is 0. The quantitative estimate of drug-likeness (QED) is 0.411. The number of terminal acetylenes is 1. The van der Waals surface area contributed by atoms with Gasteiger partial charge in [-0.1, -0.05) is 13.3 Å². The Hall–Kier alpha value is 0.300. The van der Waals surface area contributed by atoms with Crippen LogP contribution in [0.4, 0.5) is 0 Å². The van der Waals surface area contributed by atoms with E-state index in [4.69, 9.17) is 6.42 Å². The minimum atomic E-state index is 0. The molecule has 7 heavy (non-hydrogen) atoms. The molecule has 0 rings (SSSR count). The molecule has 0 fully saturated rings. The van der Waals surface area contributed by atoms with Crippen LogP contribution in [0.5, 0.6) is 0 Å². The van der Waals surface area contributed by atoms with E-state index in [0.29, 0.717) is 0 Å². The van der Waals surface area contributed by atoms with Crippen LogP contribution in [-0.2, 0) is 22.4 Å². The van der Waals surface area contributed by atoms with Crippen molar-refractivity contribution in [2.75, 3.05) is 0 Å². The van der Waals surface area contributed by atoms with Crippen LogP contribution >= 0.6 is 0 Å². The van der Waals surface area contributed by atoms with E-state index in [-0.39, 0.29) is 22.4 Å². The Bertz CT molecular complexity index is 51.7. The van der Waals surface area contributed by atoms with Crippen molar-refractivity contribution in [2.24, 2.45) is 0 Å². The van der Waals surface area contributed by atoms with E-state index < -0.39 is 0 Å². The first-order valence-corrected chi connectivity index (χ1v) is 2.35. The van der Waals surface area contributed by atoms with Gasteiger partial charge in [-0.3, -0.25) is 0 Å². The van der Waals surface area contributed by atoms with Crippen LogP contribution < -0.4 is 0 Å². The Morgan fingerprint density at radius 2 is 2.14 bits per heavy atom. The summed E-state index contributed by atoms with van der Waals surface area (Å²) in [5.41, 5.74) is 0. The van der Waals surface area contributed by atoms with Gasteiger partial charge in [0.05, 0.1) is 0 Å². The number of unbranched alkanes of at least 4 members (excludes halogenated alkanes) is 2. The van der Waals surface area contributed by atoms with Gasteiger partial charge in [0.25, 0.3) is 0 Å². The Labute approximate surface area is 61.2 Å². The van der Waals surface area contributed by atoms with Gasteiger partial charge in [0.2, 0.25) is 0 Å². The van der Waals surface area contributed by atoms with Crippen LogP contribution in [0, 0.1) is 12.3 Å². The maximum absolute atomic E-state index is 4.96. The number of rotatable bonds is 2. The van der Waals surface area contributed by atoms with Crippen molar-refractivity contribution in [3.63, 3.8) is 0 Å². The first kappa shape index (κ1) is 10.3. The van der Waals surface area contributed by atoms with Gasteiger partial charge in [-0.25, -0.2) is 0 Å². The standard InChI is InChI=1S/C6H10.Au/c1-3-5-6-4-2;/h1H,4-6H2,2H3;. The Kier molecular flexibility index (Phi) is 14.1. The zero-order valence-electron chi connectivity index (χ0n) is 4.50. The summed E-state index contributed by atoms with van der Waals surface area (Å²) in [6.07, 6.45) is 8.30. The smallest absolute Gasteiger partial charge is 0.00859 e. The molecule has 0 amide bonds. The third kappa shape index (κ3) is 10.7. The molecule has 45 valence electrons. The first-order chi connectivity index (χ1) is 2.91. The minimum Gasteiger partial charge on any atom is -0.120 e. The number of hydrogen-bond donors (Lipinski definition) is 0. The molecule has 0 saturated heterocycles. The predicted octanol–water partition coefficient (Wildman–Crippen LogP) is 1.81. The van der Waals surface area contributed by atoms with Crippen LogP contribution in [-0.4, -0.2) is 0 Å². The molecular weight excluding hydrogens is 269 g/mol. The van der Waals surface area contributed by atoms with Crippen LogP contribution in [0.15, 0.2) is 0 Å². The van der Waals surface area contributed by atoms with E-state index in [9.17, 15) is 0 Å². The van der Waals surface area contributed by atoms with E-state index in [1.807, 2.05) is 0 Å². The first-order valence-electron chi connectivity index (χ1n) is 2.35. The van der Waals surface area contributed by atoms with Gasteiger partial charge in [0, 0.05) is 28.8 Å². The van der Waals surface area contributed by atoms with E-state index >= 15 is 0 Å². The van der Waals surface area contributed by atoms with Gasteiger partial charge in [-0.2, -0.15) is 0 Å². The van der Waals surface area contributed by atoms with Gasteiger partial charge in [-0.15, -0.1) is 12.3 Å². The average Bonchev–Trinajstić information content (AvgIpc) is 1.61. The SMILES string of the molecule is C#CCCCC.[Au]. The second-order valence-corrected chi connectivity index (χ2v) is 1.31. The molecule has 0 unspecified atom stereocenters. The molecule has 0 aromatic rings. The second kappa shape index (κ2) is 9.57. The Balaban J connectivity index is 0. The van der Waals surface area contributed by atoms with Crippen molar-refractivity contribution in [1.82, 2.24) is 0 Å². The summed E-state index contributed by atoms with van der Waals surface area (Å²) >= 11 is 0. The molecule has 0 saturated carbocycles. The van der Waals surface area contributed by atoms with Gasteiger partial charge in [-0.05, 0) is 6.42 Å². The molecule has 1 heteroatoms. The summed E-state index contributed by atoms with van der Waals surface area (Å²) in [6, 6.07) is 0. The largest absolute Gasteiger partial charge is 0.120 e. The molecule has 0 heterocycles. The minimum absolute atomic E-state index is 0. The van der Waals surface area contributed by atoms with E-state index in [0.717, 1.165) is 6.42 Å². The van der Waals surface area contributed by atoms with Crippen molar-refractivity contribution in [3.05, 3.63) is 0 Å². The van der Waals surface area contributed by atoms with Crippen molar-refractivity contribution in [2.45, 2.75) is 26.2 Å². The van der Waals surface area contributed by atoms with Crippen LogP contribution in [0.3, 0.4) is 0 Å². The zero-order valence-corrected chi connectivity index (χ0v) is 6.67. The molecule has 0 aromatic carbocycles. The third-order valence-corrected chi connectivity index (χ3v) is 0.675. The van der Waals surface area contributed by atoms with Crippen LogP contribution in [0.1, 0.15) is 26.2 Å². The predicted molar refractivity (Wildman–Crippen MR) is 28.4 cm³/mol.